The molecule has 2 heteroatoms. The van der Waals surface area contributed by atoms with Crippen LogP contribution in [0.25, 0.3) is 0 Å². The maximum Gasteiger partial charge on any atom is 0.147 e. The van der Waals surface area contributed by atoms with Crippen LogP contribution in [-0.2, 0) is 4.79 Å². The van der Waals surface area contributed by atoms with Crippen LogP contribution in [0.1, 0.15) is 46.0 Å². The largest absolute Gasteiger partial charge is 0.298 e. The van der Waals surface area contributed by atoms with E-state index in [2.05, 4.69) is 29.8 Å². The summed E-state index contributed by atoms with van der Waals surface area (Å²) in [5, 5.41) is 0. The summed E-state index contributed by atoms with van der Waals surface area (Å²) in [6.07, 6.45) is 5.64. The van der Waals surface area contributed by atoms with E-state index in [4.69, 9.17) is 0 Å². The smallest absolute Gasteiger partial charge is 0.147 e. The second-order valence-electron chi connectivity index (χ2n) is 4.07. The minimum atomic E-state index is 0.156. The zero-order chi connectivity index (χ0) is 9.84. The number of halogens is 1. The minimum Gasteiger partial charge on any atom is -0.298 e. The van der Waals surface area contributed by atoms with Gasteiger partial charge in [0.25, 0.3) is 0 Å². The molecule has 0 aromatic carbocycles. The molecular formula is C11H19BrO. The van der Waals surface area contributed by atoms with E-state index in [0.717, 1.165) is 6.42 Å². The van der Waals surface area contributed by atoms with Gasteiger partial charge < -0.3 is 0 Å². The molecule has 1 fully saturated rings. The van der Waals surface area contributed by atoms with Crippen LogP contribution in [0.2, 0.25) is 0 Å². The van der Waals surface area contributed by atoms with E-state index in [1.807, 2.05) is 0 Å². The fraction of sp³-hybridized carbons (Fsp3) is 0.909. The zero-order valence-corrected chi connectivity index (χ0v) is 10.1. The van der Waals surface area contributed by atoms with Crippen LogP contribution < -0.4 is 0 Å². The molecule has 76 valence electrons. The normalized spacial score (nSPS) is 34.1. The van der Waals surface area contributed by atoms with E-state index in [9.17, 15) is 4.79 Å². The van der Waals surface area contributed by atoms with Gasteiger partial charge >= 0.3 is 0 Å². The molecule has 0 spiro atoms. The average molecular weight is 247 g/mol. The van der Waals surface area contributed by atoms with Gasteiger partial charge in [0, 0.05) is 6.42 Å². The lowest BCUT2D eigenvalue weighted by atomic mass is 9.88. The van der Waals surface area contributed by atoms with Gasteiger partial charge in [0.05, 0.1) is 4.83 Å². The van der Waals surface area contributed by atoms with Gasteiger partial charge in [0.1, 0.15) is 5.78 Å². The van der Waals surface area contributed by atoms with Crippen LogP contribution in [0, 0.1) is 11.8 Å². The molecule has 0 bridgehead atoms. The van der Waals surface area contributed by atoms with E-state index >= 15 is 0 Å². The maximum atomic E-state index is 11.5. The molecule has 3 atom stereocenters. The average Bonchev–Trinajstić information content (AvgIpc) is 2.34. The lowest BCUT2D eigenvalue weighted by Crippen LogP contribution is -2.17. The van der Waals surface area contributed by atoms with Crippen molar-refractivity contribution in [2.45, 2.75) is 50.8 Å². The predicted molar refractivity (Wildman–Crippen MR) is 59.1 cm³/mol. The van der Waals surface area contributed by atoms with Crippen molar-refractivity contribution >= 4 is 21.7 Å². The van der Waals surface area contributed by atoms with Crippen molar-refractivity contribution in [1.29, 1.82) is 0 Å². The van der Waals surface area contributed by atoms with Gasteiger partial charge in [-0.1, -0.05) is 42.6 Å². The van der Waals surface area contributed by atoms with Gasteiger partial charge in [-0.25, -0.2) is 0 Å². The van der Waals surface area contributed by atoms with Crippen LogP contribution in [0.4, 0.5) is 0 Å². The van der Waals surface area contributed by atoms with E-state index in [1.54, 1.807) is 0 Å². The third-order valence-electron chi connectivity index (χ3n) is 3.03. The van der Waals surface area contributed by atoms with Crippen LogP contribution >= 0.6 is 15.9 Å². The third kappa shape index (κ3) is 2.55. The molecule has 3 unspecified atom stereocenters. The summed E-state index contributed by atoms with van der Waals surface area (Å²) in [5.41, 5.74) is 0. The molecule has 0 aromatic rings. The fourth-order valence-electron chi connectivity index (χ4n) is 2.40. The van der Waals surface area contributed by atoms with Crippen LogP contribution in [0.15, 0.2) is 0 Å². The maximum absolute atomic E-state index is 11.5. The topological polar surface area (TPSA) is 17.1 Å². The van der Waals surface area contributed by atoms with Gasteiger partial charge in [0.15, 0.2) is 0 Å². The SMILES string of the molecule is CCCC1CC(=O)C(Br)C1CCC. The highest BCUT2D eigenvalue weighted by Crippen LogP contribution is 2.39. The second kappa shape index (κ2) is 5.14. The van der Waals surface area contributed by atoms with Crippen LogP contribution in [0.3, 0.4) is 0 Å². The lowest BCUT2D eigenvalue weighted by molar-refractivity contribution is -0.117. The molecule has 0 N–H and O–H groups in total. The number of ketones is 1. The van der Waals surface area contributed by atoms with Crippen molar-refractivity contribution in [3.8, 4) is 0 Å². The number of Topliss-reactive ketones (excluding diaryl/α,β-unsaturated/α-hetero) is 1. The van der Waals surface area contributed by atoms with E-state index in [0.29, 0.717) is 17.6 Å². The highest BCUT2D eigenvalue weighted by atomic mass is 79.9. The van der Waals surface area contributed by atoms with Gasteiger partial charge in [-0.15, -0.1) is 0 Å². The number of rotatable bonds is 4. The van der Waals surface area contributed by atoms with E-state index < -0.39 is 0 Å². The molecule has 1 aliphatic rings. The van der Waals surface area contributed by atoms with Crippen molar-refractivity contribution in [1.82, 2.24) is 0 Å². The molecule has 0 aliphatic heterocycles. The van der Waals surface area contributed by atoms with Crippen molar-refractivity contribution in [2.24, 2.45) is 11.8 Å². The minimum absolute atomic E-state index is 0.156. The van der Waals surface area contributed by atoms with Crippen LogP contribution in [-0.4, -0.2) is 10.6 Å². The molecule has 1 nitrogen and oxygen atoms in total. The van der Waals surface area contributed by atoms with Gasteiger partial charge in [-0.05, 0) is 24.7 Å². The number of alkyl halides is 1. The van der Waals surface area contributed by atoms with Crippen molar-refractivity contribution in [3.63, 3.8) is 0 Å². The number of hydrogen-bond acceptors (Lipinski definition) is 1. The van der Waals surface area contributed by atoms with Gasteiger partial charge in [-0.2, -0.15) is 0 Å². The summed E-state index contributed by atoms with van der Waals surface area (Å²) in [6.45, 7) is 4.40. The number of hydrogen-bond donors (Lipinski definition) is 0. The Hall–Kier alpha value is 0.150. The van der Waals surface area contributed by atoms with E-state index in [-0.39, 0.29) is 4.83 Å². The molecule has 1 saturated carbocycles. The molecular weight excluding hydrogens is 228 g/mol. The summed E-state index contributed by atoms with van der Waals surface area (Å²) in [4.78, 5) is 11.7. The molecule has 13 heavy (non-hydrogen) atoms. The first-order valence-corrected chi connectivity index (χ1v) is 6.29. The van der Waals surface area contributed by atoms with Crippen molar-refractivity contribution < 1.29 is 4.79 Å². The third-order valence-corrected chi connectivity index (χ3v) is 4.22. The molecule has 0 amide bonds. The summed E-state index contributed by atoms with van der Waals surface area (Å²) in [7, 11) is 0. The zero-order valence-electron chi connectivity index (χ0n) is 8.55. The highest BCUT2D eigenvalue weighted by Gasteiger charge is 2.39. The van der Waals surface area contributed by atoms with E-state index in [1.165, 1.54) is 25.7 Å². The predicted octanol–water partition coefficient (Wildman–Crippen LogP) is 3.56. The molecule has 0 radical (unpaired) electrons. The number of carbonyl (C=O) groups is 1. The summed E-state index contributed by atoms with van der Waals surface area (Å²) in [5.74, 6) is 1.69. The molecule has 1 rings (SSSR count). The Balaban J connectivity index is 2.57. The van der Waals surface area contributed by atoms with Crippen LogP contribution in [0.5, 0.6) is 0 Å². The molecule has 0 aromatic heterocycles. The van der Waals surface area contributed by atoms with Crippen molar-refractivity contribution in [2.75, 3.05) is 0 Å². The first kappa shape index (κ1) is 11.2. The Labute approximate surface area is 89.4 Å². The fourth-order valence-corrected chi connectivity index (χ4v) is 3.29. The molecule has 0 saturated heterocycles. The van der Waals surface area contributed by atoms with Gasteiger partial charge in [-0.3, -0.25) is 4.79 Å². The Morgan fingerprint density at radius 1 is 1.31 bits per heavy atom. The monoisotopic (exact) mass is 246 g/mol. The summed E-state index contributed by atoms with van der Waals surface area (Å²) in [6, 6.07) is 0. The molecule has 0 heterocycles. The lowest BCUT2D eigenvalue weighted by Gasteiger charge is -2.19. The quantitative estimate of drug-likeness (QED) is 0.694. The molecule has 1 aliphatic carbocycles. The first-order chi connectivity index (χ1) is 6.20. The Kier molecular flexibility index (Phi) is 4.43. The summed E-state index contributed by atoms with van der Waals surface area (Å²) < 4.78 is 0. The second-order valence-corrected chi connectivity index (χ2v) is 5.06. The first-order valence-electron chi connectivity index (χ1n) is 5.37. The van der Waals surface area contributed by atoms with Crippen molar-refractivity contribution in [3.05, 3.63) is 0 Å². The standard InChI is InChI=1S/C11H19BrO/c1-3-5-8-7-10(13)11(12)9(8)6-4-2/h8-9,11H,3-7H2,1-2H3. The Morgan fingerprint density at radius 3 is 2.46 bits per heavy atom. The Bertz CT molecular complexity index is 179. The van der Waals surface area contributed by atoms with Gasteiger partial charge in [0.2, 0.25) is 0 Å². The number of carbonyl (C=O) groups excluding carboxylic acids is 1. The summed E-state index contributed by atoms with van der Waals surface area (Å²) >= 11 is 3.53. The highest BCUT2D eigenvalue weighted by molar-refractivity contribution is 9.10. The Morgan fingerprint density at radius 2 is 1.92 bits per heavy atom.